The van der Waals surface area contributed by atoms with Crippen molar-refractivity contribution in [2.45, 2.75) is 26.3 Å². The van der Waals surface area contributed by atoms with Crippen LogP contribution in [0.5, 0.6) is 0 Å². The molecule has 0 radical (unpaired) electrons. The Morgan fingerprint density at radius 2 is 1.79 bits per heavy atom. The van der Waals surface area contributed by atoms with Crippen molar-refractivity contribution >= 4 is 0 Å². The average Bonchev–Trinajstić information content (AvgIpc) is 3.34. The van der Waals surface area contributed by atoms with Crippen LogP contribution in [0.4, 0.5) is 0 Å². The van der Waals surface area contributed by atoms with Crippen LogP contribution in [0.3, 0.4) is 0 Å². The second-order valence-electron chi connectivity index (χ2n) is 8.68. The van der Waals surface area contributed by atoms with E-state index in [0.717, 1.165) is 74.0 Å². The molecule has 0 saturated carbocycles. The minimum absolute atomic E-state index is 0.704. The van der Waals surface area contributed by atoms with E-state index in [1.54, 1.807) is 6.20 Å². The van der Waals surface area contributed by atoms with Gasteiger partial charge in [-0.1, -0.05) is 24.3 Å². The van der Waals surface area contributed by atoms with E-state index >= 15 is 0 Å². The molecule has 0 amide bonds. The number of nitrogens with one attached hydrogen (secondary N) is 1. The fourth-order valence-electron chi connectivity index (χ4n) is 4.35. The van der Waals surface area contributed by atoms with Crippen LogP contribution < -0.4 is 5.32 Å². The molecular weight excluding hydrogens is 422 g/mol. The first-order valence-electron chi connectivity index (χ1n) is 12.1. The van der Waals surface area contributed by atoms with Gasteiger partial charge < -0.3 is 10.2 Å². The van der Waals surface area contributed by atoms with Crippen LogP contribution in [0.1, 0.15) is 23.9 Å². The van der Waals surface area contributed by atoms with Gasteiger partial charge in [0, 0.05) is 81.6 Å². The normalized spacial score (nSPS) is 14.4. The summed E-state index contributed by atoms with van der Waals surface area (Å²) in [7, 11) is 0. The molecule has 4 heterocycles. The molecule has 0 aliphatic carbocycles. The molecule has 1 fully saturated rings. The van der Waals surface area contributed by atoms with Crippen LogP contribution in [-0.4, -0.2) is 62.4 Å². The molecule has 4 aromatic rings. The highest BCUT2D eigenvalue weighted by Crippen LogP contribution is 2.29. The summed E-state index contributed by atoms with van der Waals surface area (Å²) in [5.41, 5.74) is 6.37. The van der Waals surface area contributed by atoms with Crippen LogP contribution in [0.2, 0.25) is 0 Å². The van der Waals surface area contributed by atoms with E-state index in [2.05, 4.69) is 57.6 Å². The number of hydrogen-bond donors (Lipinski definition) is 1. The first kappa shape index (κ1) is 22.4. The minimum Gasteiger partial charge on any atom is -0.314 e. The Kier molecular flexibility index (Phi) is 7.02. The summed E-state index contributed by atoms with van der Waals surface area (Å²) < 4.78 is 1.94. The molecule has 174 valence electrons. The summed E-state index contributed by atoms with van der Waals surface area (Å²) in [5, 5.41) is 8.17. The van der Waals surface area contributed by atoms with Gasteiger partial charge in [0.2, 0.25) is 0 Å². The Balaban J connectivity index is 1.30. The number of rotatable bonds is 8. The predicted molar refractivity (Wildman–Crippen MR) is 134 cm³/mol. The molecule has 0 spiro atoms. The second-order valence-corrected chi connectivity index (χ2v) is 8.68. The van der Waals surface area contributed by atoms with Crippen LogP contribution in [-0.2, 0) is 19.4 Å². The van der Waals surface area contributed by atoms with Gasteiger partial charge in [-0.2, -0.15) is 5.10 Å². The summed E-state index contributed by atoms with van der Waals surface area (Å²) >= 11 is 0. The summed E-state index contributed by atoms with van der Waals surface area (Å²) in [6.07, 6.45) is 9.31. The van der Waals surface area contributed by atoms with Crippen molar-refractivity contribution in [3.8, 4) is 22.5 Å². The van der Waals surface area contributed by atoms with E-state index < -0.39 is 0 Å². The zero-order valence-electron chi connectivity index (χ0n) is 19.7. The zero-order chi connectivity index (χ0) is 23.2. The Bertz CT molecular complexity index is 1200. The zero-order valence-corrected chi connectivity index (χ0v) is 19.7. The fourth-order valence-corrected chi connectivity index (χ4v) is 4.35. The lowest BCUT2D eigenvalue weighted by Gasteiger charge is -2.27. The van der Waals surface area contributed by atoms with Crippen molar-refractivity contribution in [2.24, 2.45) is 0 Å². The first-order valence-corrected chi connectivity index (χ1v) is 12.1. The van der Waals surface area contributed by atoms with E-state index in [9.17, 15) is 0 Å². The molecule has 1 N–H and O–H groups in total. The van der Waals surface area contributed by atoms with Gasteiger partial charge in [0.15, 0.2) is 0 Å². The number of piperazine rings is 1. The van der Waals surface area contributed by atoms with Gasteiger partial charge in [0.25, 0.3) is 0 Å². The molecule has 1 aliphatic heterocycles. The average molecular weight is 454 g/mol. The van der Waals surface area contributed by atoms with Gasteiger partial charge in [-0.25, -0.2) is 9.97 Å². The van der Waals surface area contributed by atoms with E-state index in [1.165, 1.54) is 11.1 Å². The van der Waals surface area contributed by atoms with Gasteiger partial charge in [-0.15, -0.1) is 0 Å². The van der Waals surface area contributed by atoms with E-state index in [1.807, 2.05) is 35.3 Å². The standard InChI is InChI=1S/C27H31N7/c1-2-34-20-24(27(32-34)23-4-3-11-29-19-23)25-9-12-30-26(31-25)18-22-7-5-21(6-8-22)10-15-33-16-13-28-14-17-33/h3-9,11-12,19-20,28H,2,10,13-18H2,1H3. The summed E-state index contributed by atoms with van der Waals surface area (Å²) in [4.78, 5) is 16.2. The molecule has 1 saturated heterocycles. The van der Waals surface area contributed by atoms with Gasteiger partial charge in [-0.3, -0.25) is 9.67 Å². The van der Waals surface area contributed by atoms with E-state index in [0.29, 0.717) is 6.42 Å². The topological polar surface area (TPSA) is 71.8 Å². The van der Waals surface area contributed by atoms with Crippen LogP contribution in [0.15, 0.2) is 67.3 Å². The molecule has 0 bridgehead atoms. The summed E-state index contributed by atoms with van der Waals surface area (Å²) in [5.74, 6) is 0.812. The largest absolute Gasteiger partial charge is 0.314 e. The fraction of sp³-hybridized carbons (Fsp3) is 0.333. The van der Waals surface area contributed by atoms with Crippen molar-refractivity contribution in [3.05, 3.63) is 84.2 Å². The maximum Gasteiger partial charge on any atom is 0.133 e. The van der Waals surface area contributed by atoms with Crippen molar-refractivity contribution < 1.29 is 0 Å². The molecule has 1 aromatic carbocycles. The first-order chi connectivity index (χ1) is 16.8. The van der Waals surface area contributed by atoms with Crippen LogP contribution in [0, 0.1) is 0 Å². The van der Waals surface area contributed by atoms with Crippen molar-refractivity contribution in [2.75, 3.05) is 32.7 Å². The highest BCUT2D eigenvalue weighted by Gasteiger charge is 2.15. The lowest BCUT2D eigenvalue weighted by atomic mass is 10.1. The number of pyridine rings is 1. The van der Waals surface area contributed by atoms with E-state index in [-0.39, 0.29) is 0 Å². The number of nitrogens with zero attached hydrogens (tertiary/aromatic N) is 6. The molecule has 3 aromatic heterocycles. The Morgan fingerprint density at radius 1 is 0.971 bits per heavy atom. The van der Waals surface area contributed by atoms with Crippen molar-refractivity contribution in [1.29, 1.82) is 0 Å². The molecular formula is C27H31N7. The third-order valence-corrected chi connectivity index (χ3v) is 6.31. The highest BCUT2D eigenvalue weighted by atomic mass is 15.3. The Hall–Kier alpha value is -3.42. The van der Waals surface area contributed by atoms with Crippen LogP contribution in [0.25, 0.3) is 22.5 Å². The van der Waals surface area contributed by atoms with Gasteiger partial charge in [0.05, 0.1) is 5.69 Å². The molecule has 7 heteroatoms. The Labute approximate surface area is 200 Å². The maximum atomic E-state index is 4.89. The van der Waals surface area contributed by atoms with Crippen molar-refractivity contribution in [3.63, 3.8) is 0 Å². The molecule has 0 unspecified atom stereocenters. The van der Waals surface area contributed by atoms with Gasteiger partial charge in [-0.05, 0) is 42.7 Å². The SMILES string of the molecule is CCn1cc(-c2ccnc(Cc3ccc(CCN4CCNCC4)cc3)n2)c(-c2cccnc2)n1. The quantitative estimate of drug-likeness (QED) is 0.441. The monoisotopic (exact) mass is 453 g/mol. The number of benzene rings is 1. The Morgan fingerprint density at radius 3 is 2.56 bits per heavy atom. The van der Waals surface area contributed by atoms with E-state index in [4.69, 9.17) is 10.1 Å². The van der Waals surface area contributed by atoms with Gasteiger partial charge in [0.1, 0.15) is 11.5 Å². The summed E-state index contributed by atoms with van der Waals surface area (Å²) in [6.45, 7) is 8.49. The minimum atomic E-state index is 0.704. The number of aryl methyl sites for hydroxylation is 1. The third kappa shape index (κ3) is 5.38. The highest BCUT2D eigenvalue weighted by molar-refractivity contribution is 5.78. The molecule has 0 atom stereocenters. The second kappa shape index (κ2) is 10.7. The smallest absolute Gasteiger partial charge is 0.133 e. The molecule has 34 heavy (non-hydrogen) atoms. The predicted octanol–water partition coefficient (Wildman–Crippen LogP) is 3.46. The lowest BCUT2D eigenvalue weighted by Crippen LogP contribution is -2.44. The van der Waals surface area contributed by atoms with Gasteiger partial charge >= 0.3 is 0 Å². The maximum absolute atomic E-state index is 4.89. The molecule has 1 aliphatic rings. The van der Waals surface area contributed by atoms with Crippen LogP contribution >= 0.6 is 0 Å². The number of hydrogen-bond acceptors (Lipinski definition) is 6. The molecule has 5 rings (SSSR count). The van der Waals surface area contributed by atoms with Crippen molar-refractivity contribution in [1.82, 2.24) is 34.9 Å². The summed E-state index contributed by atoms with van der Waals surface area (Å²) in [6, 6.07) is 14.8. The third-order valence-electron chi connectivity index (χ3n) is 6.31. The molecule has 7 nitrogen and oxygen atoms in total. The number of aromatic nitrogens is 5. The lowest BCUT2D eigenvalue weighted by molar-refractivity contribution is 0.244.